The molecule has 1 rings (SSSR count). The van der Waals surface area contributed by atoms with E-state index < -0.39 is 5.95 Å². The third-order valence-corrected chi connectivity index (χ3v) is 1.78. The summed E-state index contributed by atoms with van der Waals surface area (Å²) < 4.78 is 12.7. The van der Waals surface area contributed by atoms with Gasteiger partial charge in [-0.3, -0.25) is 0 Å². The SMILES string of the molecule is CCN(CCO)c1cccc(F)n1. The molecule has 0 unspecified atom stereocenters. The second-order valence-corrected chi connectivity index (χ2v) is 2.62. The van der Waals surface area contributed by atoms with E-state index in [9.17, 15) is 4.39 Å². The van der Waals surface area contributed by atoms with Crippen LogP contribution in [0.15, 0.2) is 18.2 Å². The van der Waals surface area contributed by atoms with E-state index in [1.54, 1.807) is 12.1 Å². The van der Waals surface area contributed by atoms with Gasteiger partial charge in [-0.2, -0.15) is 4.39 Å². The molecule has 72 valence electrons. The third-order valence-electron chi connectivity index (χ3n) is 1.78. The Morgan fingerprint density at radius 1 is 1.54 bits per heavy atom. The summed E-state index contributed by atoms with van der Waals surface area (Å²) in [6.07, 6.45) is 0. The van der Waals surface area contributed by atoms with Crippen LogP contribution in [0.4, 0.5) is 10.2 Å². The van der Waals surface area contributed by atoms with Gasteiger partial charge in [0.1, 0.15) is 5.82 Å². The van der Waals surface area contributed by atoms with E-state index in [0.29, 0.717) is 18.9 Å². The second kappa shape index (κ2) is 4.77. The third kappa shape index (κ3) is 2.66. The lowest BCUT2D eigenvalue weighted by Gasteiger charge is -2.20. The van der Waals surface area contributed by atoms with Crippen LogP contribution in [-0.4, -0.2) is 29.8 Å². The number of aliphatic hydroxyl groups is 1. The second-order valence-electron chi connectivity index (χ2n) is 2.62. The minimum absolute atomic E-state index is 0.0477. The largest absolute Gasteiger partial charge is 0.395 e. The Labute approximate surface area is 76.8 Å². The molecule has 0 aliphatic heterocycles. The lowest BCUT2D eigenvalue weighted by Crippen LogP contribution is -2.27. The molecule has 0 aromatic carbocycles. The Morgan fingerprint density at radius 2 is 2.31 bits per heavy atom. The maximum absolute atomic E-state index is 12.7. The molecule has 0 aliphatic carbocycles. The predicted octanol–water partition coefficient (Wildman–Crippen LogP) is 1.04. The zero-order valence-corrected chi connectivity index (χ0v) is 7.57. The zero-order valence-electron chi connectivity index (χ0n) is 7.57. The average molecular weight is 184 g/mol. The fourth-order valence-corrected chi connectivity index (χ4v) is 1.13. The highest BCUT2D eigenvalue weighted by atomic mass is 19.1. The first-order chi connectivity index (χ1) is 6.27. The Kier molecular flexibility index (Phi) is 3.64. The summed E-state index contributed by atoms with van der Waals surface area (Å²) in [6, 6.07) is 4.64. The number of pyridine rings is 1. The number of hydrogen-bond acceptors (Lipinski definition) is 3. The van der Waals surface area contributed by atoms with Gasteiger partial charge in [-0.25, -0.2) is 4.98 Å². The van der Waals surface area contributed by atoms with E-state index in [-0.39, 0.29) is 6.61 Å². The lowest BCUT2D eigenvalue weighted by molar-refractivity contribution is 0.302. The first kappa shape index (κ1) is 9.92. The fourth-order valence-electron chi connectivity index (χ4n) is 1.13. The summed E-state index contributed by atoms with van der Waals surface area (Å²) in [5.41, 5.74) is 0. The molecule has 1 aromatic heterocycles. The minimum atomic E-state index is -0.492. The topological polar surface area (TPSA) is 36.4 Å². The summed E-state index contributed by atoms with van der Waals surface area (Å²) in [5, 5.41) is 8.74. The average Bonchev–Trinajstić information content (AvgIpc) is 2.14. The van der Waals surface area contributed by atoms with Crippen molar-refractivity contribution < 1.29 is 9.50 Å². The lowest BCUT2D eigenvalue weighted by atomic mass is 10.4. The Hall–Kier alpha value is -1.16. The van der Waals surface area contributed by atoms with Crippen molar-refractivity contribution in [3.63, 3.8) is 0 Å². The molecular formula is C9H13FN2O. The van der Waals surface area contributed by atoms with E-state index in [0.717, 1.165) is 0 Å². The number of rotatable bonds is 4. The van der Waals surface area contributed by atoms with Crippen LogP contribution >= 0.6 is 0 Å². The van der Waals surface area contributed by atoms with E-state index in [1.165, 1.54) is 6.07 Å². The zero-order chi connectivity index (χ0) is 9.68. The number of anilines is 1. The number of hydrogen-bond donors (Lipinski definition) is 1. The molecule has 0 saturated carbocycles. The first-order valence-corrected chi connectivity index (χ1v) is 4.26. The van der Waals surface area contributed by atoms with Crippen molar-refractivity contribution in [2.75, 3.05) is 24.6 Å². The maximum atomic E-state index is 12.7. The molecule has 0 bridgehead atoms. The molecule has 0 aliphatic rings. The predicted molar refractivity (Wildman–Crippen MR) is 49.2 cm³/mol. The van der Waals surface area contributed by atoms with Crippen LogP contribution in [0.3, 0.4) is 0 Å². The standard InChI is InChI=1S/C9H13FN2O/c1-2-12(6-7-13)9-5-3-4-8(10)11-9/h3-5,13H,2,6-7H2,1H3. The summed E-state index contributed by atoms with van der Waals surface area (Å²) >= 11 is 0. The highest BCUT2D eigenvalue weighted by Crippen LogP contribution is 2.09. The molecule has 4 heteroatoms. The number of nitrogens with zero attached hydrogens (tertiary/aromatic N) is 2. The van der Waals surface area contributed by atoms with Crippen molar-refractivity contribution in [2.45, 2.75) is 6.92 Å². The molecule has 3 nitrogen and oxygen atoms in total. The van der Waals surface area contributed by atoms with Crippen LogP contribution in [0.1, 0.15) is 6.92 Å². The fraction of sp³-hybridized carbons (Fsp3) is 0.444. The van der Waals surface area contributed by atoms with Gasteiger partial charge in [0.25, 0.3) is 0 Å². The van der Waals surface area contributed by atoms with Crippen LogP contribution in [-0.2, 0) is 0 Å². The van der Waals surface area contributed by atoms with Crippen LogP contribution < -0.4 is 4.90 Å². The molecule has 0 radical (unpaired) electrons. The maximum Gasteiger partial charge on any atom is 0.214 e. The van der Waals surface area contributed by atoms with E-state index in [1.807, 2.05) is 11.8 Å². The Morgan fingerprint density at radius 3 is 2.85 bits per heavy atom. The van der Waals surface area contributed by atoms with Gasteiger partial charge >= 0.3 is 0 Å². The van der Waals surface area contributed by atoms with Crippen molar-refractivity contribution in [1.82, 2.24) is 4.98 Å². The van der Waals surface area contributed by atoms with Crippen LogP contribution in [0.2, 0.25) is 0 Å². The van der Waals surface area contributed by atoms with Crippen molar-refractivity contribution in [2.24, 2.45) is 0 Å². The molecule has 0 saturated heterocycles. The molecule has 1 heterocycles. The van der Waals surface area contributed by atoms with Crippen LogP contribution in [0, 0.1) is 5.95 Å². The van der Waals surface area contributed by atoms with Gasteiger partial charge in [0.05, 0.1) is 6.61 Å². The van der Waals surface area contributed by atoms with Gasteiger partial charge in [0, 0.05) is 13.1 Å². The Balaban J connectivity index is 2.78. The molecule has 1 aromatic rings. The molecule has 13 heavy (non-hydrogen) atoms. The van der Waals surface area contributed by atoms with Gasteiger partial charge in [0.2, 0.25) is 5.95 Å². The minimum Gasteiger partial charge on any atom is -0.395 e. The van der Waals surface area contributed by atoms with Gasteiger partial charge in [-0.1, -0.05) is 6.07 Å². The first-order valence-electron chi connectivity index (χ1n) is 4.26. The summed E-state index contributed by atoms with van der Waals surface area (Å²) in [7, 11) is 0. The highest BCUT2D eigenvalue weighted by Gasteiger charge is 2.04. The number of aromatic nitrogens is 1. The summed E-state index contributed by atoms with van der Waals surface area (Å²) in [6.45, 7) is 3.16. The number of aliphatic hydroxyl groups excluding tert-OH is 1. The van der Waals surface area contributed by atoms with E-state index in [2.05, 4.69) is 4.98 Å². The normalized spacial score (nSPS) is 10.1. The van der Waals surface area contributed by atoms with E-state index >= 15 is 0 Å². The van der Waals surface area contributed by atoms with Gasteiger partial charge in [-0.05, 0) is 19.1 Å². The molecule has 0 spiro atoms. The van der Waals surface area contributed by atoms with Gasteiger partial charge < -0.3 is 10.0 Å². The number of likely N-dealkylation sites (N-methyl/N-ethyl adjacent to an activating group) is 1. The molecular weight excluding hydrogens is 171 g/mol. The van der Waals surface area contributed by atoms with Gasteiger partial charge in [0.15, 0.2) is 0 Å². The van der Waals surface area contributed by atoms with E-state index in [4.69, 9.17) is 5.11 Å². The molecule has 0 atom stereocenters. The molecule has 1 N–H and O–H groups in total. The quantitative estimate of drug-likeness (QED) is 0.710. The van der Waals surface area contributed by atoms with Crippen LogP contribution in [0.25, 0.3) is 0 Å². The van der Waals surface area contributed by atoms with Crippen molar-refractivity contribution in [1.29, 1.82) is 0 Å². The van der Waals surface area contributed by atoms with Crippen molar-refractivity contribution in [3.8, 4) is 0 Å². The van der Waals surface area contributed by atoms with Crippen molar-refractivity contribution >= 4 is 5.82 Å². The molecule has 0 amide bonds. The van der Waals surface area contributed by atoms with Crippen molar-refractivity contribution in [3.05, 3.63) is 24.1 Å². The summed E-state index contributed by atoms with van der Waals surface area (Å²) in [5.74, 6) is 0.0745. The number of halogens is 1. The smallest absolute Gasteiger partial charge is 0.214 e. The molecule has 0 fully saturated rings. The van der Waals surface area contributed by atoms with Crippen LogP contribution in [0.5, 0.6) is 0 Å². The monoisotopic (exact) mass is 184 g/mol. The highest BCUT2D eigenvalue weighted by molar-refractivity contribution is 5.37. The summed E-state index contributed by atoms with van der Waals surface area (Å²) in [4.78, 5) is 5.52. The Bertz CT molecular complexity index is 268. The van der Waals surface area contributed by atoms with Gasteiger partial charge in [-0.15, -0.1) is 0 Å².